The van der Waals surface area contributed by atoms with Crippen molar-refractivity contribution in [3.8, 4) is 0 Å². The first-order chi connectivity index (χ1) is 4.92. The number of nitrogens with one attached hydrogen (secondary N) is 2. The van der Waals surface area contributed by atoms with E-state index >= 15 is 0 Å². The smallest absolute Gasteiger partial charge is 0.216 e. The molecule has 0 aliphatic heterocycles. The van der Waals surface area contributed by atoms with Gasteiger partial charge in [0.2, 0.25) is 15.9 Å². The number of amides is 1. The Morgan fingerprint density at radius 2 is 1.91 bits per heavy atom. The van der Waals surface area contributed by atoms with Crippen LogP contribution in [0.15, 0.2) is 0 Å². The fraction of sp³-hybridized carbons (Fsp3) is 0.800. The first-order valence-electron chi connectivity index (χ1n) is 3.11. The van der Waals surface area contributed by atoms with E-state index in [2.05, 4.69) is 10.0 Å². The molecule has 0 spiro atoms. The molecular weight excluding hydrogens is 168 g/mol. The van der Waals surface area contributed by atoms with Crippen LogP contribution in [0.4, 0.5) is 0 Å². The van der Waals surface area contributed by atoms with Crippen LogP contribution in [0.2, 0.25) is 0 Å². The largest absolute Gasteiger partial charge is 0.355 e. The Kier molecular flexibility index (Phi) is 4.06. The molecule has 0 unspecified atom stereocenters. The van der Waals surface area contributed by atoms with Gasteiger partial charge >= 0.3 is 0 Å². The predicted molar refractivity (Wildman–Crippen MR) is 41.5 cm³/mol. The third-order valence-electron chi connectivity index (χ3n) is 0.863. The molecule has 0 aromatic carbocycles. The van der Waals surface area contributed by atoms with Crippen LogP contribution in [0, 0.1) is 0 Å². The summed E-state index contributed by atoms with van der Waals surface area (Å²) >= 11 is 0. The van der Waals surface area contributed by atoms with E-state index in [-0.39, 0.29) is 12.5 Å². The molecule has 0 radical (unpaired) electrons. The zero-order valence-electron chi connectivity index (χ0n) is 6.55. The van der Waals surface area contributed by atoms with Crippen molar-refractivity contribution < 1.29 is 13.2 Å². The second-order valence-corrected chi connectivity index (χ2v) is 3.98. The number of hydrogen-bond acceptors (Lipinski definition) is 3. The van der Waals surface area contributed by atoms with Gasteiger partial charge in [0, 0.05) is 20.0 Å². The fourth-order valence-corrected chi connectivity index (χ4v) is 0.948. The predicted octanol–water partition coefficient (Wildman–Crippen LogP) is -1.33. The first-order valence-corrected chi connectivity index (χ1v) is 5.00. The van der Waals surface area contributed by atoms with Gasteiger partial charge in [-0.25, -0.2) is 13.1 Å². The second-order valence-electron chi connectivity index (χ2n) is 2.15. The van der Waals surface area contributed by atoms with Crippen molar-refractivity contribution in [2.75, 3.05) is 19.3 Å². The molecule has 66 valence electrons. The van der Waals surface area contributed by atoms with Crippen LogP contribution in [0.25, 0.3) is 0 Å². The van der Waals surface area contributed by atoms with Gasteiger partial charge in [-0.2, -0.15) is 0 Å². The van der Waals surface area contributed by atoms with Crippen molar-refractivity contribution in [3.05, 3.63) is 0 Å². The second kappa shape index (κ2) is 4.30. The van der Waals surface area contributed by atoms with Crippen LogP contribution in [0.5, 0.6) is 0 Å². The van der Waals surface area contributed by atoms with E-state index in [4.69, 9.17) is 0 Å². The van der Waals surface area contributed by atoms with Gasteiger partial charge in [0.05, 0.1) is 6.26 Å². The lowest BCUT2D eigenvalue weighted by Gasteiger charge is -2.01. The summed E-state index contributed by atoms with van der Waals surface area (Å²) in [6.07, 6.45) is 1.07. The minimum absolute atomic E-state index is 0.166. The van der Waals surface area contributed by atoms with Gasteiger partial charge in [-0.3, -0.25) is 4.79 Å². The van der Waals surface area contributed by atoms with Crippen LogP contribution < -0.4 is 10.0 Å². The number of hydrogen-bond donors (Lipinski definition) is 2. The topological polar surface area (TPSA) is 75.3 Å². The van der Waals surface area contributed by atoms with E-state index < -0.39 is 10.0 Å². The van der Waals surface area contributed by atoms with Gasteiger partial charge < -0.3 is 5.32 Å². The van der Waals surface area contributed by atoms with Gasteiger partial charge in [0.25, 0.3) is 0 Å². The number of carbonyl (C=O) groups excluding carboxylic acids is 1. The summed E-state index contributed by atoms with van der Waals surface area (Å²) in [6.45, 7) is 1.93. The van der Waals surface area contributed by atoms with E-state index in [1.165, 1.54) is 6.92 Å². The van der Waals surface area contributed by atoms with E-state index in [0.717, 1.165) is 6.26 Å². The highest BCUT2D eigenvalue weighted by Gasteiger charge is 1.98. The Hall–Kier alpha value is -0.620. The maximum absolute atomic E-state index is 10.5. The van der Waals surface area contributed by atoms with Crippen LogP contribution >= 0.6 is 0 Å². The molecule has 2 N–H and O–H groups in total. The molecule has 0 atom stereocenters. The third-order valence-corrected chi connectivity index (χ3v) is 1.59. The normalized spacial score (nSPS) is 11.1. The monoisotopic (exact) mass is 180 g/mol. The highest BCUT2D eigenvalue weighted by molar-refractivity contribution is 7.88. The Morgan fingerprint density at radius 1 is 1.36 bits per heavy atom. The number of rotatable bonds is 4. The highest BCUT2D eigenvalue weighted by atomic mass is 32.2. The van der Waals surface area contributed by atoms with Crippen LogP contribution in [0.3, 0.4) is 0 Å². The Bertz CT molecular complexity index is 222. The average Bonchev–Trinajstić information content (AvgIpc) is 1.78. The molecule has 1 amide bonds. The van der Waals surface area contributed by atoms with E-state index in [1.807, 2.05) is 0 Å². The van der Waals surface area contributed by atoms with E-state index in [0.29, 0.717) is 6.54 Å². The molecule has 0 aromatic rings. The lowest BCUT2D eigenvalue weighted by molar-refractivity contribution is -0.118. The molecule has 0 aliphatic carbocycles. The summed E-state index contributed by atoms with van der Waals surface area (Å²) in [5, 5.41) is 2.45. The minimum atomic E-state index is -3.12. The Balaban J connectivity index is 3.37. The van der Waals surface area contributed by atoms with Gasteiger partial charge in [-0.05, 0) is 0 Å². The van der Waals surface area contributed by atoms with Crippen LogP contribution in [-0.4, -0.2) is 33.7 Å². The van der Waals surface area contributed by atoms with Crippen molar-refractivity contribution in [1.29, 1.82) is 0 Å². The molecule has 0 fully saturated rings. The SMILES string of the molecule is CC(=O)NCCNS(C)(=O)=O. The summed E-state index contributed by atoms with van der Waals surface area (Å²) in [6, 6.07) is 0. The molecule has 0 bridgehead atoms. The molecule has 0 rings (SSSR count). The summed E-state index contributed by atoms with van der Waals surface area (Å²) in [5.41, 5.74) is 0. The zero-order valence-corrected chi connectivity index (χ0v) is 7.36. The molecular formula is C5H12N2O3S. The fourth-order valence-electron chi connectivity index (χ4n) is 0.475. The molecule has 0 aromatic heterocycles. The minimum Gasteiger partial charge on any atom is -0.355 e. The van der Waals surface area contributed by atoms with Crippen LogP contribution in [0.1, 0.15) is 6.92 Å². The van der Waals surface area contributed by atoms with Crippen molar-refractivity contribution >= 4 is 15.9 Å². The summed E-state index contributed by atoms with van der Waals surface area (Å²) in [5.74, 6) is -0.166. The highest BCUT2D eigenvalue weighted by Crippen LogP contribution is 1.70. The van der Waals surface area contributed by atoms with Gasteiger partial charge in [-0.1, -0.05) is 0 Å². The van der Waals surface area contributed by atoms with Crippen molar-refractivity contribution in [2.24, 2.45) is 0 Å². The summed E-state index contributed by atoms with van der Waals surface area (Å²) < 4.78 is 23.1. The lowest BCUT2D eigenvalue weighted by atomic mass is 10.6. The lowest BCUT2D eigenvalue weighted by Crippen LogP contribution is -2.32. The third kappa shape index (κ3) is 9.38. The Morgan fingerprint density at radius 3 is 2.27 bits per heavy atom. The van der Waals surface area contributed by atoms with Crippen molar-refractivity contribution in [3.63, 3.8) is 0 Å². The molecule has 0 saturated carbocycles. The summed E-state index contributed by atoms with van der Waals surface area (Å²) in [4.78, 5) is 10.3. The summed E-state index contributed by atoms with van der Waals surface area (Å²) in [7, 11) is -3.12. The van der Waals surface area contributed by atoms with Gasteiger partial charge in [0.15, 0.2) is 0 Å². The molecule has 0 aliphatic rings. The maximum atomic E-state index is 10.5. The average molecular weight is 180 g/mol. The van der Waals surface area contributed by atoms with Gasteiger partial charge in [-0.15, -0.1) is 0 Å². The molecule has 6 heteroatoms. The number of carbonyl (C=O) groups is 1. The van der Waals surface area contributed by atoms with Crippen LogP contribution in [-0.2, 0) is 14.8 Å². The zero-order chi connectivity index (χ0) is 8.91. The quantitative estimate of drug-likeness (QED) is 0.526. The Labute approximate surface area is 66.2 Å². The molecule has 11 heavy (non-hydrogen) atoms. The van der Waals surface area contributed by atoms with E-state index in [9.17, 15) is 13.2 Å². The molecule has 0 heterocycles. The molecule has 5 nitrogen and oxygen atoms in total. The number of sulfonamides is 1. The van der Waals surface area contributed by atoms with E-state index in [1.54, 1.807) is 0 Å². The standard InChI is InChI=1S/C5H12N2O3S/c1-5(8)6-3-4-7-11(2,9)10/h7H,3-4H2,1-2H3,(H,6,8). The maximum Gasteiger partial charge on any atom is 0.216 e. The van der Waals surface area contributed by atoms with Gasteiger partial charge in [0.1, 0.15) is 0 Å². The molecule has 0 saturated heterocycles. The first kappa shape index (κ1) is 10.4. The van der Waals surface area contributed by atoms with Crippen molar-refractivity contribution in [1.82, 2.24) is 10.0 Å². The van der Waals surface area contributed by atoms with Crippen molar-refractivity contribution in [2.45, 2.75) is 6.92 Å².